The van der Waals surface area contributed by atoms with Crippen LogP contribution < -0.4 is 24.3 Å². The van der Waals surface area contributed by atoms with E-state index in [1.807, 2.05) is 19.9 Å². The lowest BCUT2D eigenvalue weighted by Crippen LogP contribution is -2.17. The number of hydrogen-bond donors (Lipinski definition) is 1. The molecule has 1 amide bonds. The van der Waals surface area contributed by atoms with Crippen LogP contribution in [0.5, 0.6) is 23.0 Å². The van der Waals surface area contributed by atoms with Gasteiger partial charge >= 0.3 is 0 Å². The minimum Gasteiger partial charge on any atom is -0.493 e. The molecule has 0 aromatic heterocycles. The number of ether oxygens (including phenoxy) is 4. The van der Waals surface area contributed by atoms with E-state index in [-0.39, 0.29) is 11.7 Å². The molecule has 2 aromatic rings. The van der Waals surface area contributed by atoms with Gasteiger partial charge in [-0.05, 0) is 49.8 Å². The first kappa shape index (κ1) is 20.1. The zero-order valence-corrected chi connectivity index (χ0v) is 16.5. The highest BCUT2D eigenvalue weighted by atomic mass is 16.6. The average molecular weight is 394 g/mol. The number of methoxy groups -OCH3 is 1. The fourth-order valence-corrected chi connectivity index (χ4v) is 2.76. The molecule has 1 aliphatic rings. The van der Waals surface area contributed by atoms with Crippen molar-refractivity contribution >= 4 is 17.7 Å². The maximum absolute atomic E-state index is 12.6. The van der Waals surface area contributed by atoms with E-state index >= 15 is 0 Å². The molecule has 0 saturated carbocycles. The Kier molecular flexibility index (Phi) is 6.25. The zero-order chi connectivity index (χ0) is 20.8. The minimum absolute atomic E-state index is 0.00302. The number of rotatable bonds is 6. The topological polar surface area (TPSA) is 89.8 Å². The lowest BCUT2D eigenvalue weighted by Gasteiger charge is -2.19. The molecule has 150 valence electrons. The van der Waals surface area contributed by atoms with Crippen molar-refractivity contribution in [3.63, 3.8) is 0 Å². The van der Waals surface area contributed by atoms with Crippen LogP contribution in [-0.2, 0) is 4.79 Å². The van der Waals surface area contributed by atoms with Gasteiger partial charge in [-0.25, -0.2) is 0 Å². The quantitative estimate of drug-likeness (QED) is 0.592. The van der Waals surface area contributed by atoms with Crippen LogP contribution in [0.4, 0.5) is 5.69 Å². The Labute approximate surface area is 169 Å². The van der Waals surface area contributed by atoms with Gasteiger partial charge in [-0.15, -0.1) is 0 Å². The third-order valence-electron chi connectivity index (χ3n) is 4.03. The number of fused-ring (bicyclic) bond motifs is 1. The first-order valence-corrected chi connectivity index (χ1v) is 9.17. The Hall–Kier alpha value is -3.66. The predicted octanol–water partition coefficient (Wildman–Crippen LogP) is 3.80. The molecule has 0 saturated heterocycles. The van der Waals surface area contributed by atoms with Gasteiger partial charge in [-0.2, -0.15) is 5.26 Å². The standard InChI is InChI=1S/C22H22N2O5/c1-14(2)29-19-6-4-15(11-20(19)26-3)10-16(13-23)22(25)24-17-5-7-18-21(12-17)28-9-8-27-18/h4-7,10-12,14H,8-9H2,1-3H3,(H,24,25)/b16-10+. The van der Waals surface area contributed by atoms with Gasteiger partial charge in [0.05, 0.1) is 13.2 Å². The summed E-state index contributed by atoms with van der Waals surface area (Å²) in [6.45, 7) is 4.78. The van der Waals surface area contributed by atoms with Gasteiger partial charge in [0, 0.05) is 11.8 Å². The summed E-state index contributed by atoms with van der Waals surface area (Å²) >= 11 is 0. The summed E-state index contributed by atoms with van der Waals surface area (Å²) in [5.41, 5.74) is 1.12. The molecule has 0 bridgehead atoms. The number of nitriles is 1. The van der Waals surface area contributed by atoms with Gasteiger partial charge in [0.15, 0.2) is 23.0 Å². The molecule has 0 radical (unpaired) electrons. The van der Waals surface area contributed by atoms with Crippen LogP contribution in [0, 0.1) is 11.3 Å². The summed E-state index contributed by atoms with van der Waals surface area (Å²) in [5, 5.41) is 12.2. The van der Waals surface area contributed by atoms with Gasteiger partial charge < -0.3 is 24.3 Å². The summed E-state index contributed by atoms with van der Waals surface area (Å²) in [6, 6.07) is 12.2. The van der Waals surface area contributed by atoms with E-state index in [0.717, 1.165) is 0 Å². The number of nitrogens with one attached hydrogen (secondary N) is 1. The number of anilines is 1. The van der Waals surface area contributed by atoms with Crippen LogP contribution in [0.1, 0.15) is 19.4 Å². The summed E-state index contributed by atoms with van der Waals surface area (Å²) in [7, 11) is 1.54. The molecule has 0 atom stereocenters. The fourth-order valence-electron chi connectivity index (χ4n) is 2.76. The Morgan fingerprint density at radius 3 is 2.59 bits per heavy atom. The van der Waals surface area contributed by atoms with Crippen molar-refractivity contribution < 1.29 is 23.7 Å². The number of carbonyl (C=O) groups is 1. The molecule has 1 N–H and O–H groups in total. The molecule has 0 aliphatic carbocycles. The highest BCUT2D eigenvalue weighted by Crippen LogP contribution is 2.33. The van der Waals surface area contributed by atoms with E-state index in [1.165, 1.54) is 13.2 Å². The lowest BCUT2D eigenvalue weighted by atomic mass is 10.1. The van der Waals surface area contributed by atoms with Crippen molar-refractivity contribution in [3.05, 3.63) is 47.5 Å². The molecule has 2 aromatic carbocycles. The Morgan fingerprint density at radius 1 is 1.14 bits per heavy atom. The van der Waals surface area contributed by atoms with E-state index in [2.05, 4.69) is 5.32 Å². The third kappa shape index (κ3) is 4.99. The van der Waals surface area contributed by atoms with Crippen LogP contribution in [0.15, 0.2) is 42.0 Å². The molecule has 7 nitrogen and oxygen atoms in total. The van der Waals surface area contributed by atoms with E-state index in [1.54, 1.807) is 36.4 Å². The summed E-state index contributed by atoms with van der Waals surface area (Å²) in [4.78, 5) is 12.6. The molecule has 0 spiro atoms. The summed E-state index contributed by atoms with van der Waals surface area (Å²) in [6.07, 6.45) is 1.49. The maximum atomic E-state index is 12.6. The van der Waals surface area contributed by atoms with Crippen LogP contribution in [0.2, 0.25) is 0 Å². The SMILES string of the molecule is COc1cc(/C=C(\C#N)C(=O)Nc2ccc3c(c2)OCCO3)ccc1OC(C)C. The second kappa shape index (κ2) is 9.02. The first-order chi connectivity index (χ1) is 14.0. The number of nitrogens with zero attached hydrogens (tertiary/aromatic N) is 1. The van der Waals surface area contributed by atoms with Crippen molar-refractivity contribution in [2.45, 2.75) is 20.0 Å². The van der Waals surface area contributed by atoms with Crippen molar-refractivity contribution in [1.29, 1.82) is 5.26 Å². The van der Waals surface area contributed by atoms with Gasteiger partial charge in [-0.1, -0.05) is 6.07 Å². The Bertz CT molecular complexity index is 976. The number of benzene rings is 2. The second-order valence-electron chi connectivity index (χ2n) is 6.56. The van der Waals surface area contributed by atoms with E-state index in [9.17, 15) is 10.1 Å². The van der Waals surface area contributed by atoms with Crippen LogP contribution in [0.25, 0.3) is 6.08 Å². The lowest BCUT2D eigenvalue weighted by molar-refractivity contribution is -0.112. The largest absolute Gasteiger partial charge is 0.493 e. The first-order valence-electron chi connectivity index (χ1n) is 9.17. The smallest absolute Gasteiger partial charge is 0.266 e. The second-order valence-corrected chi connectivity index (χ2v) is 6.56. The monoisotopic (exact) mass is 394 g/mol. The molecule has 1 heterocycles. The number of amides is 1. The maximum Gasteiger partial charge on any atom is 0.266 e. The van der Waals surface area contributed by atoms with Gasteiger partial charge in [-0.3, -0.25) is 4.79 Å². The predicted molar refractivity (Wildman–Crippen MR) is 108 cm³/mol. The van der Waals surface area contributed by atoms with E-state index in [4.69, 9.17) is 18.9 Å². The minimum atomic E-state index is -0.523. The van der Waals surface area contributed by atoms with Crippen molar-refractivity contribution in [3.8, 4) is 29.1 Å². The highest BCUT2D eigenvalue weighted by molar-refractivity contribution is 6.09. The Morgan fingerprint density at radius 2 is 1.90 bits per heavy atom. The average Bonchev–Trinajstić information content (AvgIpc) is 2.72. The molecule has 7 heteroatoms. The van der Waals surface area contributed by atoms with Crippen molar-refractivity contribution in [2.75, 3.05) is 25.6 Å². The van der Waals surface area contributed by atoms with Gasteiger partial charge in [0.1, 0.15) is 24.9 Å². The number of carbonyl (C=O) groups excluding carboxylic acids is 1. The molecule has 0 fully saturated rings. The molecule has 1 aliphatic heterocycles. The normalized spacial score (nSPS) is 12.9. The van der Waals surface area contributed by atoms with Gasteiger partial charge in [0.2, 0.25) is 0 Å². The van der Waals surface area contributed by atoms with Crippen LogP contribution in [-0.4, -0.2) is 32.3 Å². The van der Waals surface area contributed by atoms with Gasteiger partial charge in [0.25, 0.3) is 5.91 Å². The van der Waals surface area contributed by atoms with Crippen molar-refractivity contribution in [2.24, 2.45) is 0 Å². The van der Waals surface area contributed by atoms with Crippen LogP contribution in [0.3, 0.4) is 0 Å². The Balaban J connectivity index is 1.79. The molecule has 0 unspecified atom stereocenters. The van der Waals surface area contributed by atoms with Crippen LogP contribution >= 0.6 is 0 Å². The molecule has 3 rings (SSSR count). The van der Waals surface area contributed by atoms with E-state index < -0.39 is 5.91 Å². The molecular weight excluding hydrogens is 372 g/mol. The highest BCUT2D eigenvalue weighted by Gasteiger charge is 2.15. The van der Waals surface area contributed by atoms with Crippen molar-refractivity contribution in [1.82, 2.24) is 0 Å². The fraction of sp³-hybridized carbons (Fsp3) is 0.273. The third-order valence-corrected chi connectivity index (χ3v) is 4.03. The zero-order valence-electron chi connectivity index (χ0n) is 16.5. The molecular formula is C22H22N2O5. The summed E-state index contributed by atoms with van der Waals surface area (Å²) in [5.74, 6) is 1.78. The van der Waals surface area contributed by atoms with E-state index in [0.29, 0.717) is 47.5 Å². The number of hydrogen-bond acceptors (Lipinski definition) is 6. The summed E-state index contributed by atoms with van der Waals surface area (Å²) < 4.78 is 22.0. The molecule has 29 heavy (non-hydrogen) atoms.